The standard InChI is InChI=1S/C17H12ClNO2S/c18-17-14(9-13-3-1-2-4-15(13)19-17)10-21-16(20)6-5-12-7-8-22-11-12/h1-9,11H,10H2/b6-5+. The van der Waals surface area contributed by atoms with E-state index in [0.717, 1.165) is 16.5 Å². The van der Waals surface area contributed by atoms with E-state index in [1.54, 1.807) is 17.4 Å². The van der Waals surface area contributed by atoms with Crippen LogP contribution in [0.4, 0.5) is 0 Å². The monoisotopic (exact) mass is 329 g/mol. The van der Waals surface area contributed by atoms with Crippen LogP contribution in [-0.4, -0.2) is 11.0 Å². The van der Waals surface area contributed by atoms with Crippen LogP contribution >= 0.6 is 22.9 Å². The average Bonchev–Trinajstić information content (AvgIpc) is 3.04. The van der Waals surface area contributed by atoms with Crippen molar-refractivity contribution in [1.29, 1.82) is 0 Å². The Morgan fingerprint density at radius 3 is 3.00 bits per heavy atom. The molecule has 2 heterocycles. The lowest BCUT2D eigenvalue weighted by Crippen LogP contribution is -2.02. The average molecular weight is 330 g/mol. The Hall–Kier alpha value is -2.17. The number of hydrogen-bond donors (Lipinski definition) is 0. The maximum atomic E-state index is 11.7. The van der Waals surface area contributed by atoms with E-state index in [-0.39, 0.29) is 6.61 Å². The van der Waals surface area contributed by atoms with Crippen LogP contribution in [0.25, 0.3) is 17.0 Å². The molecular formula is C17H12ClNO2S. The van der Waals surface area contributed by atoms with Gasteiger partial charge in [0.1, 0.15) is 11.8 Å². The molecule has 0 N–H and O–H groups in total. The highest BCUT2D eigenvalue weighted by Gasteiger charge is 2.07. The summed E-state index contributed by atoms with van der Waals surface area (Å²) in [5, 5.41) is 5.22. The van der Waals surface area contributed by atoms with Crippen LogP contribution in [0.15, 0.2) is 53.2 Å². The number of hydrogen-bond acceptors (Lipinski definition) is 4. The lowest BCUT2D eigenvalue weighted by atomic mass is 10.2. The molecular weight excluding hydrogens is 318 g/mol. The number of pyridine rings is 1. The second-order valence-electron chi connectivity index (χ2n) is 4.63. The van der Waals surface area contributed by atoms with Crippen LogP contribution < -0.4 is 0 Å². The summed E-state index contributed by atoms with van der Waals surface area (Å²) in [5.74, 6) is -0.407. The summed E-state index contributed by atoms with van der Waals surface area (Å²) in [6.45, 7) is 0.101. The van der Waals surface area contributed by atoms with Gasteiger partial charge in [-0.15, -0.1) is 0 Å². The Kier molecular flexibility index (Phi) is 4.51. The van der Waals surface area contributed by atoms with Crippen molar-refractivity contribution in [3.8, 4) is 0 Å². The molecule has 2 aromatic heterocycles. The normalized spacial score (nSPS) is 11.1. The van der Waals surface area contributed by atoms with Crippen molar-refractivity contribution in [2.45, 2.75) is 6.61 Å². The molecule has 0 fully saturated rings. The lowest BCUT2D eigenvalue weighted by Gasteiger charge is -2.06. The van der Waals surface area contributed by atoms with Gasteiger partial charge in [-0.2, -0.15) is 11.3 Å². The molecule has 0 bridgehead atoms. The SMILES string of the molecule is O=C(/C=C/c1ccsc1)OCc1cc2ccccc2nc1Cl. The molecule has 0 amide bonds. The molecule has 0 aliphatic heterocycles. The predicted molar refractivity (Wildman–Crippen MR) is 89.9 cm³/mol. The Morgan fingerprint density at radius 1 is 1.32 bits per heavy atom. The first-order valence-electron chi connectivity index (χ1n) is 6.63. The van der Waals surface area contributed by atoms with Gasteiger partial charge in [-0.1, -0.05) is 29.8 Å². The maximum absolute atomic E-state index is 11.7. The first-order chi connectivity index (χ1) is 10.7. The van der Waals surface area contributed by atoms with Crippen molar-refractivity contribution >= 4 is 45.9 Å². The van der Waals surface area contributed by atoms with Gasteiger partial charge in [0.25, 0.3) is 0 Å². The number of esters is 1. The highest BCUT2D eigenvalue weighted by molar-refractivity contribution is 7.08. The van der Waals surface area contributed by atoms with Gasteiger partial charge in [-0.05, 0) is 40.6 Å². The third-order valence-electron chi connectivity index (χ3n) is 3.08. The highest BCUT2D eigenvalue weighted by atomic mass is 35.5. The number of nitrogens with zero attached hydrogens (tertiary/aromatic N) is 1. The van der Waals surface area contributed by atoms with Crippen LogP contribution in [0.1, 0.15) is 11.1 Å². The summed E-state index contributed by atoms with van der Waals surface area (Å²) in [6.07, 6.45) is 3.13. The van der Waals surface area contributed by atoms with Crippen LogP contribution in [0.2, 0.25) is 5.15 Å². The Balaban J connectivity index is 1.68. The minimum absolute atomic E-state index is 0.101. The largest absolute Gasteiger partial charge is 0.458 e. The highest BCUT2D eigenvalue weighted by Crippen LogP contribution is 2.21. The molecule has 3 nitrogen and oxygen atoms in total. The molecule has 1 aromatic carbocycles. The Bertz CT molecular complexity index is 828. The molecule has 0 aliphatic carbocycles. The second kappa shape index (κ2) is 6.73. The van der Waals surface area contributed by atoms with Crippen LogP contribution in [0.5, 0.6) is 0 Å². The number of carbonyl (C=O) groups excluding carboxylic acids is 1. The zero-order valence-corrected chi connectivity index (χ0v) is 13.1. The maximum Gasteiger partial charge on any atom is 0.331 e. The third-order valence-corrected chi connectivity index (χ3v) is 4.10. The zero-order chi connectivity index (χ0) is 15.4. The summed E-state index contributed by atoms with van der Waals surface area (Å²) in [7, 11) is 0. The van der Waals surface area contributed by atoms with Crippen LogP contribution in [0, 0.1) is 0 Å². The summed E-state index contributed by atoms with van der Waals surface area (Å²) in [4.78, 5) is 16.0. The molecule has 0 spiro atoms. The molecule has 22 heavy (non-hydrogen) atoms. The predicted octanol–water partition coefficient (Wildman–Crippen LogP) is 4.71. The van der Waals surface area contributed by atoms with Crippen molar-refractivity contribution in [2.24, 2.45) is 0 Å². The smallest absolute Gasteiger partial charge is 0.331 e. The number of para-hydroxylation sites is 1. The minimum Gasteiger partial charge on any atom is -0.458 e. The number of rotatable bonds is 4. The number of ether oxygens (including phenoxy) is 1. The van der Waals surface area contributed by atoms with Gasteiger partial charge in [0.15, 0.2) is 0 Å². The van der Waals surface area contributed by atoms with Gasteiger partial charge in [-0.3, -0.25) is 0 Å². The van der Waals surface area contributed by atoms with Crippen molar-refractivity contribution in [3.05, 3.63) is 69.5 Å². The molecule has 5 heteroatoms. The number of carbonyl (C=O) groups is 1. The fourth-order valence-corrected chi connectivity index (χ4v) is 2.80. The molecule has 0 saturated heterocycles. The molecule has 0 radical (unpaired) electrons. The minimum atomic E-state index is -0.407. The number of fused-ring (bicyclic) bond motifs is 1. The Labute approximate surface area is 136 Å². The zero-order valence-electron chi connectivity index (χ0n) is 11.5. The molecule has 110 valence electrons. The number of halogens is 1. The second-order valence-corrected chi connectivity index (χ2v) is 5.77. The lowest BCUT2D eigenvalue weighted by molar-refractivity contribution is -0.138. The molecule has 0 atom stereocenters. The van der Waals surface area contributed by atoms with E-state index in [0.29, 0.717) is 10.7 Å². The van der Waals surface area contributed by atoms with Crippen molar-refractivity contribution < 1.29 is 9.53 Å². The summed E-state index contributed by atoms with van der Waals surface area (Å²) in [6, 6.07) is 11.5. The summed E-state index contributed by atoms with van der Waals surface area (Å²) >= 11 is 7.70. The van der Waals surface area contributed by atoms with Crippen LogP contribution in [-0.2, 0) is 16.1 Å². The Morgan fingerprint density at radius 2 is 2.18 bits per heavy atom. The van der Waals surface area contributed by atoms with Gasteiger partial charge < -0.3 is 4.74 Å². The van der Waals surface area contributed by atoms with Gasteiger partial charge >= 0.3 is 5.97 Å². The van der Waals surface area contributed by atoms with Gasteiger partial charge in [0.05, 0.1) is 5.52 Å². The van der Waals surface area contributed by atoms with E-state index < -0.39 is 5.97 Å². The summed E-state index contributed by atoms with van der Waals surface area (Å²) in [5.41, 5.74) is 2.49. The van der Waals surface area contributed by atoms with Crippen molar-refractivity contribution in [1.82, 2.24) is 4.98 Å². The van der Waals surface area contributed by atoms with E-state index in [2.05, 4.69) is 4.98 Å². The topological polar surface area (TPSA) is 39.2 Å². The fraction of sp³-hybridized carbons (Fsp3) is 0.0588. The van der Waals surface area contributed by atoms with Crippen molar-refractivity contribution in [2.75, 3.05) is 0 Å². The quantitative estimate of drug-likeness (QED) is 0.395. The third kappa shape index (κ3) is 3.53. The molecule has 0 saturated carbocycles. The van der Waals surface area contributed by atoms with E-state index in [1.807, 2.05) is 47.2 Å². The van der Waals surface area contributed by atoms with Gasteiger partial charge in [-0.25, -0.2) is 9.78 Å². The number of benzene rings is 1. The molecule has 0 unspecified atom stereocenters. The van der Waals surface area contributed by atoms with Crippen molar-refractivity contribution in [3.63, 3.8) is 0 Å². The summed E-state index contributed by atoms with van der Waals surface area (Å²) < 4.78 is 5.21. The molecule has 0 aliphatic rings. The fourth-order valence-electron chi connectivity index (χ4n) is 1.97. The van der Waals surface area contributed by atoms with E-state index in [1.165, 1.54) is 6.08 Å². The number of thiophene rings is 1. The first-order valence-corrected chi connectivity index (χ1v) is 7.95. The molecule has 3 rings (SSSR count). The van der Waals surface area contributed by atoms with E-state index in [4.69, 9.17) is 16.3 Å². The number of aromatic nitrogens is 1. The van der Waals surface area contributed by atoms with Gasteiger partial charge in [0, 0.05) is 17.0 Å². The first kappa shape index (κ1) is 14.8. The van der Waals surface area contributed by atoms with Gasteiger partial charge in [0.2, 0.25) is 0 Å². The molecule has 3 aromatic rings. The van der Waals surface area contributed by atoms with E-state index >= 15 is 0 Å². The van der Waals surface area contributed by atoms with E-state index in [9.17, 15) is 4.79 Å². The van der Waals surface area contributed by atoms with Crippen LogP contribution in [0.3, 0.4) is 0 Å².